The third-order valence-electron chi connectivity index (χ3n) is 4.21. The molecule has 0 saturated carbocycles. The van der Waals surface area contributed by atoms with E-state index in [1.54, 1.807) is 16.8 Å². The molecule has 0 aliphatic carbocycles. The van der Waals surface area contributed by atoms with Gasteiger partial charge < -0.3 is 15.0 Å². The molecule has 0 bridgehead atoms. The number of halogens is 1. The number of aliphatic hydroxyl groups is 1. The molecule has 1 aromatic carbocycles. The molecule has 3 heterocycles. The number of hydrogen-bond donors (Lipinski definition) is 2. The molecule has 4 rings (SSSR count). The van der Waals surface area contributed by atoms with Crippen LogP contribution in [0.25, 0.3) is 22.9 Å². The maximum Gasteiger partial charge on any atom is 0.181 e. The Balaban J connectivity index is 1.76. The third-order valence-corrected chi connectivity index (χ3v) is 4.21. The molecule has 0 saturated heterocycles. The first-order valence-corrected chi connectivity index (χ1v) is 8.33. The molecule has 0 unspecified atom stereocenters. The Kier molecular flexibility index (Phi) is 4.29. The summed E-state index contributed by atoms with van der Waals surface area (Å²) in [5.41, 5.74) is 1.32. The number of hydrogen-bond acceptors (Lipinski definition) is 5. The quantitative estimate of drug-likeness (QED) is 0.742. The van der Waals surface area contributed by atoms with Crippen molar-refractivity contribution in [3.8, 4) is 22.9 Å². The van der Waals surface area contributed by atoms with Crippen LogP contribution in [0, 0.1) is 5.82 Å². The molecule has 2 N–H and O–H groups in total. The number of nitrogens with zero attached hydrogens (tertiary/aromatic N) is 5. The summed E-state index contributed by atoms with van der Waals surface area (Å²) in [7, 11) is 0. The molecule has 0 fully saturated rings. The van der Waals surface area contributed by atoms with Gasteiger partial charge in [-0.25, -0.2) is 19.0 Å². The van der Waals surface area contributed by atoms with Crippen LogP contribution in [0.4, 0.5) is 4.39 Å². The SMILES string of the molecule is OCCn1nc(-c2cccc(F)c2)nc1-c1cn2c(n1)CCNCC2. The molecule has 8 heteroatoms. The zero-order valence-corrected chi connectivity index (χ0v) is 13.7. The maximum atomic E-state index is 13.5. The number of imidazole rings is 1. The summed E-state index contributed by atoms with van der Waals surface area (Å²) >= 11 is 0. The molecule has 0 atom stereocenters. The Hall–Kier alpha value is -2.58. The summed E-state index contributed by atoms with van der Waals surface area (Å²) in [5.74, 6) is 1.68. The second kappa shape index (κ2) is 6.73. The molecule has 0 amide bonds. The van der Waals surface area contributed by atoms with Gasteiger partial charge in [0, 0.05) is 37.8 Å². The molecular formula is C17H19FN6O. The summed E-state index contributed by atoms with van der Waals surface area (Å²) in [6.45, 7) is 2.90. The molecule has 0 radical (unpaired) electrons. The van der Waals surface area contributed by atoms with Crippen LogP contribution in [0.1, 0.15) is 5.82 Å². The average Bonchev–Trinajstić information content (AvgIpc) is 3.14. The van der Waals surface area contributed by atoms with Gasteiger partial charge in [-0.05, 0) is 12.1 Å². The predicted molar refractivity (Wildman–Crippen MR) is 90.3 cm³/mol. The van der Waals surface area contributed by atoms with E-state index >= 15 is 0 Å². The molecular weight excluding hydrogens is 323 g/mol. The van der Waals surface area contributed by atoms with Gasteiger partial charge in [-0.2, -0.15) is 5.10 Å². The van der Waals surface area contributed by atoms with Crippen molar-refractivity contribution < 1.29 is 9.50 Å². The van der Waals surface area contributed by atoms with Gasteiger partial charge in [0.15, 0.2) is 11.6 Å². The van der Waals surface area contributed by atoms with E-state index in [0.29, 0.717) is 23.8 Å². The van der Waals surface area contributed by atoms with E-state index in [0.717, 1.165) is 37.6 Å². The van der Waals surface area contributed by atoms with E-state index in [1.807, 2.05) is 6.20 Å². The highest BCUT2D eigenvalue weighted by Crippen LogP contribution is 2.23. The second-order valence-electron chi connectivity index (χ2n) is 5.95. The highest BCUT2D eigenvalue weighted by atomic mass is 19.1. The Morgan fingerprint density at radius 1 is 1.24 bits per heavy atom. The number of rotatable bonds is 4. The molecule has 130 valence electrons. The van der Waals surface area contributed by atoms with Crippen molar-refractivity contribution in [3.05, 3.63) is 42.1 Å². The summed E-state index contributed by atoms with van der Waals surface area (Å²) in [6.07, 6.45) is 2.82. The van der Waals surface area contributed by atoms with Gasteiger partial charge in [0.2, 0.25) is 0 Å². The lowest BCUT2D eigenvalue weighted by Crippen LogP contribution is -2.17. The Morgan fingerprint density at radius 2 is 2.16 bits per heavy atom. The highest BCUT2D eigenvalue weighted by molar-refractivity contribution is 5.59. The predicted octanol–water partition coefficient (Wildman–Crippen LogP) is 1.09. The van der Waals surface area contributed by atoms with Gasteiger partial charge in [0.05, 0.1) is 13.2 Å². The van der Waals surface area contributed by atoms with Crippen molar-refractivity contribution in [1.29, 1.82) is 0 Å². The fourth-order valence-electron chi connectivity index (χ4n) is 3.01. The van der Waals surface area contributed by atoms with Crippen LogP contribution in [0.2, 0.25) is 0 Å². The molecule has 0 spiro atoms. The summed E-state index contributed by atoms with van der Waals surface area (Å²) in [4.78, 5) is 9.25. The zero-order valence-electron chi connectivity index (χ0n) is 13.7. The normalized spacial score (nSPS) is 14.3. The topological polar surface area (TPSA) is 80.8 Å². The maximum absolute atomic E-state index is 13.5. The van der Waals surface area contributed by atoms with Gasteiger partial charge in [-0.15, -0.1) is 0 Å². The van der Waals surface area contributed by atoms with E-state index in [1.165, 1.54) is 12.1 Å². The van der Waals surface area contributed by atoms with Gasteiger partial charge >= 0.3 is 0 Å². The van der Waals surface area contributed by atoms with E-state index in [4.69, 9.17) is 4.98 Å². The van der Waals surface area contributed by atoms with E-state index < -0.39 is 0 Å². The molecule has 25 heavy (non-hydrogen) atoms. The minimum absolute atomic E-state index is 0.0591. The van der Waals surface area contributed by atoms with E-state index in [2.05, 4.69) is 20.0 Å². The standard InChI is InChI=1S/C17H19FN6O/c18-13-3-1-2-12(10-13)16-21-17(24(22-16)8-9-25)14-11-23-7-6-19-5-4-15(23)20-14/h1-3,10-11,19,25H,4-9H2. The third kappa shape index (κ3) is 3.18. The first kappa shape index (κ1) is 15.9. The lowest BCUT2D eigenvalue weighted by atomic mass is 10.2. The highest BCUT2D eigenvalue weighted by Gasteiger charge is 2.19. The van der Waals surface area contributed by atoms with Crippen molar-refractivity contribution in [2.24, 2.45) is 0 Å². The van der Waals surface area contributed by atoms with Crippen LogP contribution in [-0.2, 0) is 19.5 Å². The molecule has 1 aliphatic heterocycles. The Labute approximate surface area is 144 Å². The largest absolute Gasteiger partial charge is 0.394 e. The van der Waals surface area contributed by atoms with Crippen molar-refractivity contribution in [3.63, 3.8) is 0 Å². The van der Waals surface area contributed by atoms with Gasteiger partial charge in [0.1, 0.15) is 17.3 Å². The number of fused-ring (bicyclic) bond motifs is 1. The number of nitrogens with one attached hydrogen (secondary N) is 1. The first-order valence-electron chi connectivity index (χ1n) is 8.33. The smallest absolute Gasteiger partial charge is 0.181 e. The van der Waals surface area contributed by atoms with Gasteiger partial charge in [-0.1, -0.05) is 12.1 Å². The molecule has 1 aliphatic rings. The zero-order chi connectivity index (χ0) is 17.2. The molecule has 7 nitrogen and oxygen atoms in total. The van der Waals surface area contributed by atoms with Crippen molar-refractivity contribution >= 4 is 0 Å². The minimum atomic E-state index is -0.334. The van der Waals surface area contributed by atoms with Crippen LogP contribution in [0.3, 0.4) is 0 Å². The fourth-order valence-corrected chi connectivity index (χ4v) is 3.01. The van der Waals surface area contributed by atoms with E-state index in [-0.39, 0.29) is 12.4 Å². The Bertz CT molecular complexity index is 864. The number of aromatic nitrogens is 5. The van der Waals surface area contributed by atoms with E-state index in [9.17, 15) is 9.50 Å². The van der Waals surface area contributed by atoms with Crippen molar-refractivity contribution in [1.82, 2.24) is 29.6 Å². The van der Waals surface area contributed by atoms with Crippen LogP contribution in [0.5, 0.6) is 0 Å². The lowest BCUT2D eigenvalue weighted by molar-refractivity contribution is 0.270. The molecule has 3 aromatic rings. The summed E-state index contributed by atoms with van der Waals surface area (Å²) in [6, 6.07) is 6.18. The number of benzene rings is 1. The van der Waals surface area contributed by atoms with Crippen LogP contribution >= 0.6 is 0 Å². The Morgan fingerprint density at radius 3 is 3.00 bits per heavy atom. The minimum Gasteiger partial charge on any atom is -0.394 e. The fraction of sp³-hybridized carbons (Fsp3) is 0.353. The molecule has 2 aromatic heterocycles. The van der Waals surface area contributed by atoms with Crippen LogP contribution in [0.15, 0.2) is 30.5 Å². The van der Waals surface area contributed by atoms with Crippen molar-refractivity contribution in [2.45, 2.75) is 19.5 Å². The lowest BCUT2D eigenvalue weighted by Gasteiger charge is -2.01. The van der Waals surface area contributed by atoms with Gasteiger partial charge in [-0.3, -0.25) is 0 Å². The first-order chi connectivity index (χ1) is 12.2. The average molecular weight is 342 g/mol. The van der Waals surface area contributed by atoms with Gasteiger partial charge in [0.25, 0.3) is 0 Å². The van der Waals surface area contributed by atoms with Crippen LogP contribution < -0.4 is 5.32 Å². The summed E-state index contributed by atoms with van der Waals surface area (Å²) in [5, 5.41) is 17.1. The summed E-state index contributed by atoms with van der Waals surface area (Å²) < 4.78 is 17.2. The monoisotopic (exact) mass is 342 g/mol. The second-order valence-corrected chi connectivity index (χ2v) is 5.95. The van der Waals surface area contributed by atoms with Crippen molar-refractivity contribution in [2.75, 3.05) is 19.7 Å². The van der Waals surface area contributed by atoms with Crippen LogP contribution in [-0.4, -0.2) is 49.1 Å². The number of aliphatic hydroxyl groups excluding tert-OH is 1.